The first-order chi connectivity index (χ1) is 15.1. The minimum Gasteiger partial charge on any atom is -0.445 e. The van der Waals surface area contributed by atoms with Crippen LogP contribution in [0.3, 0.4) is 0 Å². The molecule has 2 aromatic carbocycles. The molecule has 1 amide bonds. The van der Waals surface area contributed by atoms with Gasteiger partial charge in [0.2, 0.25) is 0 Å². The molecule has 0 atom stereocenters. The van der Waals surface area contributed by atoms with Gasteiger partial charge in [0.15, 0.2) is 0 Å². The molecule has 0 unspecified atom stereocenters. The third-order valence-corrected chi connectivity index (χ3v) is 6.18. The Morgan fingerprint density at radius 2 is 1.71 bits per heavy atom. The van der Waals surface area contributed by atoms with E-state index in [1.807, 2.05) is 30.3 Å². The molecule has 0 aromatic heterocycles. The van der Waals surface area contributed by atoms with Crippen molar-refractivity contribution in [3.63, 3.8) is 0 Å². The van der Waals surface area contributed by atoms with Gasteiger partial charge in [0, 0.05) is 57.9 Å². The van der Waals surface area contributed by atoms with Crippen molar-refractivity contribution in [2.45, 2.75) is 32.9 Å². The molecule has 6 nitrogen and oxygen atoms in total. The van der Waals surface area contributed by atoms with Crippen molar-refractivity contribution >= 4 is 17.6 Å². The summed E-state index contributed by atoms with van der Waals surface area (Å²) in [6.45, 7) is 7.96. The predicted molar refractivity (Wildman–Crippen MR) is 121 cm³/mol. The number of rotatable bonds is 6. The molecule has 1 saturated heterocycles. The van der Waals surface area contributed by atoms with Crippen LogP contribution >= 0.6 is 0 Å². The van der Waals surface area contributed by atoms with Gasteiger partial charge in [-0.15, -0.1) is 0 Å². The smallest absolute Gasteiger partial charge is 0.410 e. The second kappa shape index (κ2) is 9.96. The zero-order valence-corrected chi connectivity index (χ0v) is 18.3. The highest BCUT2D eigenvalue weighted by Gasteiger charge is 2.24. The molecule has 0 saturated carbocycles. The third kappa shape index (κ3) is 5.64. The number of Topliss-reactive ketones (excluding diaryl/α,β-unsaturated/α-hetero) is 1. The van der Waals surface area contributed by atoms with Gasteiger partial charge in [-0.2, -0.15) is 0 Å². The van der Waals surface area contributed by atoms with Gasteiger partial charge in [-0.25, -0.2) is 4.79 Å². The van der Waals surface area contributed by atoms with Gasteiger partial charge < -0.3 is 14.5 Å². The normalized spacial score (nSPS) is 16.7. The van der Waals surface area contributed by atoms with E-state index < -0.39 is 0 Å². The highest BCUT2D eigenvalue weighted by atomic mass is 16.6. The molecular formula is C25H31N3O3. The minimum absolute atomic E-state index is 0.251. The molecule has 0 bridgehead atoms. The number of hydrogen-bond acceptors (Lipinski definition) is 5. The molecule has 6 heteroatoms. The number of nitrogens with zero attached hydrogens (tertiary/aromatic N) is 3. The molecule has 1 fully saturated rings. The van der Waals surface area contributed by atoms with Crippen molar-refractivity contribution in [3.8, 4) is 0 Å². The molecule has 2 aliphatic rings. The summed E-state index contributed by atoms with van der Waals surface area (Å²) < 4.78 is 5.53. The zero-order chi connectivity index (χ0) is 21.6. The molecule has 2 aromatic rings. The summed E-state index contributed by atoms with van der Waals surface area (Å²) in [4.78, 5) is 30.4. The van der Waals surface area contributed by atoms with E-state index in [0.717, 1.165) is 44.7 Å². The summed E-state index contributed by atoms with van der Waals surface area (Å²) in [6.07, 6.45) is 1.24. The second-order valence-electron chi connectivity index (χ2n) is 8.45. The Labute approximate surface area is 184 Å². The quantitative estimate of drug-likeness (QED) is 0.715. The Bertz CT molecular complexity index is 907. The maximum absolute atomic E-state index is 12.6. The molecule has 0 spiro atoms. The Kier molecular flexibility index (Phi) is 6.87. The highest BCUT2D eigenvalue weighted by Crippen LogP contribution is 2.26. The second-order valence-corrected chi connectivity index (χ2v) is 8.45. The number of carbonyl (C=O) groups is 2. The number of piperazine rings is 1. The van der Waals surface area contributed by atoms with Crippen LogP contribution in [-0.4, -0.2) is 60.9 Å². The van der Waals surface area contributed by atoms with E-state index in [2.05, 4.69) is 28.0 Å². The fraction of sp³-hybridized carbons (Fsp3) is 0.440. The van der Waals surface area contributed by atoms with Crippen molar-refractivity contribution in [1.29, 1.82) is 0 Å². The summed E-state index contributed by atoms with van der Waals surface area (Å²) in [6, 6.07) is 16.4. The number of amides is 1. The molecule has 4 rings (SSSR count). The fourth-order valence-electron chi connectivity index (χ4n) is 4.25. The number of fused-ring (bicyclic) bond motifs is 1. The molecule has 2 aliphatic heterocycles. The number of anilines is 1. The van der Waals surface area contributed by atoms with Crippen LogP contribution in [0.5, 0.6) is 0 Å². The first-order valence-electron chi connectivity index (χ1n) is 11.1. The topological polar surface area (TPSA) is 53.1 Å². The Morgan fingerprint density at radius 1 is 0.935 bits per heavy atom. The largest absolute Gasteiger partial charge is 0.445 e. The monoisotopic (exact) mass is 421 g/mol. The average Bonchev–Trinajstić information content (AvgIpc) is 2.81. The van der Waals surface area contributed by atoms with Crippen molar-refractivity contribution in [2.75, 3.05) is 44.2 Å². The molecule has 2 heterocycles. The number of ether oxygens (including phenoxy) is 1. The lowest BCUT2D eigenvalue weighted by atomic mass is 9.99. The van der Waals surface area contributed by atoms with Gasteiger partial charge in [-0.3, -0.25) is 9.69 Å². The summed E-state index contributed by atoms with van der Waals surface area (Å²) in [5.41, 5.74) is 4.73. The van der Waals surface area contributed by atoms with E-state index >= 15 is 0 Å². The van der Waals surface area contributed by atoms with Gasteiger partial charge in [-0.1, -0.05) is 36.4 Å². The van der Waals surface area contributed by atoms with E-state index in [-0.39, 0.29) is 11.9 Å². The van der Waals surface area contributed by atoms with E-state index in [1.165, 1.54) is 16.8 Å². The third-order valence-electron chi connectivity index (χ3n) is 6.18. The van der Waals surface area contributed by atoms with Crippen LogP contribution in [-0.2, 0) is 29.1 Å². The maximum atomic E-state index is 12.6. The summed E-state index contributed by atoms with van der Waals surface area (Å²) in [5.74, 6) is 0.254. The number of ketones is 1. The van der Waals surface area contributed by atoms with Crippen LogP contribution in [0.4, 0.5) is 10.5 Å². The lowest BCUT2D eigenvalue weighted by Crippen LogP contribution is -2.47. The molecule has 0 aliphatic carbocycles. The number of benzene rings is 2. The van der Waals surface area contributed by atoms with Crippen LogP contribution in [0.15, 0.2) is 48.5 Å². The molecular weight excluding hydrogens is 390 g/mol. The zero-order valence-electron chi connectivity index (χ0n) is 18.3. The van der Waals surface area contributed by atoms with Gasteiger partial charge in [0.25, 0.3) is 0 Å². The molecule has 164 valence electrons. The van der Waals surface area contributed by atoms with E-state index in [9.17, 15) is 9.59 Å². The maximum Gasteiger partial charge on any atom is 0.410 e. The molecule has 0 radical (unpaired) electrons. The average molecular weight is 422 g/mol. The summed E-state index contributed by atoms with van der Waals surface area (Å²) in [5, 5.41) is 0. The van der Waals surface area contributed by atoms with E-state index in [4.69, 9.17) is 4.74 Å². The lowest BCUT2D eigenvalue weighted by Gasteiger charge is -2.37. The van der Waals surface area contributed by atoms with Gasteiger partial charge >= 0.3 is 6.09 Å². The highest BCUT2D eigenvalue weighted by molar-refractivity contribution is 5.75. The van der Waals surface area contributed by atoms with Crippen LogP contribution < -0.4 is 4.90 Å². The van der Waals surface area contributed by atoms with Crippen molar-refractivity contribution in [2.24, 2.45) is 0 Å². The van der Waals surface area contributed by atoms with Crippen LogP contribution in [0, 0.1) is 0 Å². The summed E-state index contributed by atoms with van der Waals surface area (Å²) >= 11 is 0. The van der Waals surface area contributed by atoms with Crippen molar-refractivity contribution < 1.29 is 14.3 Å². The SMILES string of the molecule is CC(=O)CCN1CCN(c2ccc3c(c2)CN(C(=O)OCc2ccccc2)CC3)CC1. The van der Waals surface area contributed by atoms with Crippen molar-refractivity contribution in [3.05, 3.63) is 65.2 Å². The minimum atomic E-state index is -0.251. The number of hydrogen-bond donors (Lipinski definition) is 0. The predicted octanol–water partition coefficient (Wildman–Crippen LogP) is 3.48. The Balaban J connectivity index is 1.32. The van der Waals surface area contributed by atoms with Crippen molar-refractivity contribution in [1.82, 2.24) is 9.80 Å². The Morgan fingerprint density at radius 3 is 2.45 bits per heavy atom. The first kappa shape index (κ1) is 21.4. The Hall–Kier alpha value is -2.86. The van der Waals surface area contributed by atoms with Gasteiger partial charge in [0.1, 0.15) is 12.4 Å². The van der Waals surface area contributed by atoms with Gasteiger partial charge in [-0.05, 0) is 42.2 Å². The van der Waals surface area contributed by atoms with Gasteiger partial charge in [0.05, 0.1) is 0 Å². The lowest BCUT2D eigenvalue weighted by molar-refractivity contribution is -0.117. The van der Waals surface area contributed by atoms with E-state index in [0.29, 0.717) is 26.1 Å². The van der Waals surface area contributed by atoms with Crippen LogP contribution in [0.25, 0.3) is 0 Å². The van der Waals surface area contributed by atoms with E-state index in [1.54, 1.807) is 11.8 Å². The van der Waals surface area contributed by atoms with Crippen LogP contribution in [0.1, 0.15) is 30.0 Å². The van der Waals surface area contributed by atoms with Crippen LogP contribution in [0.2, 0.25) is 0 Å². The molecule has 31 heavy (non-hydrogen) atoms. The fourth-order valence-corrected chi connectivity index (χ4v) is 4.25. The summed E-state index contributed by atoms with van der Waals surface area (Å²) in [7, 11) is 0. The molecule has 0 N–H and O–H groups in total. The first-order valence-corrected chi connectivity index (χ1v) is 11.1. The standard InChI is InChI=1S/C25H31N3O3/c1-20(29)9-11-26-13-15-27(16-14-26)24-8-7-22-10-12-28(18-23(22)17-24)25(30)31-19-21-5-3-2-4-6-21/h2-8,17H,9-16,18-19H2,1H3. The number of carbonyl (C=O) groups excluding carboxylic acids is 2.